The van der Waals surface area contributed by atoms with Crippen molar-refractivity contribution < 1.29 is 22.7 Å². The lowest BCUT2D eigenvalue weighted by molar-refractivity contribution is -0.141. The molecule has 0 heterocycles. The first kappa shape index (κ1) is 14.5. The average Bonchev–Trinajstić information content (AvgIpc) is 2.29. The van der Waals surface area contributed by atoms with Crippen LogP contribution < -0.4 is 0 Å². The lowest BCUT2D eigenvalue weighted by Gasteiger charge is -2.14. The summed E-state index contributed by atoms with van der Waals surface area (Å²) in [5.41, 5.74) is -1.39. The molecule has 0 N–H and O–H groups in total. The Labute approximate surface area is 109 Å². The quantitative estimate of drug-likeness (QED) is 0.787. The smallest absolute Gasteiger partial charge is 0.416 e. The normalized spacial score (nSPS) is 10.9. The van der Waals surface area contributed by atoms with E-state index in [0.29, 0.717) is 6.07 Å². The van der Waals surface area contributed by atoms with E-state index in [1.165, 1.54) is 6.07 Å². The van der Waals surface area contributed by atoms with Gasteiger partial charge in [0.2, 0.25) is 0 Å². The van der Waals surface area contributed by atoms with Crippen LogP contribution in [0, 0.1) is 11.3 Å². The maximum Gasteiger partial charge on any atom is 0.416 e. The number of nitriles is 1. The van der Waals surface area contributed by atoms with E-state index < -0.39 is 24.1 Å². The Balaban J connectivity index is 3.40. The molecule has 0 aliphatic carbocycles. The van der Waals surface area contributed by atoms with Crippen molar-refractivity contribution in [1.29, 1.82) is 5.26 Å². The zero-order valence-electron chi connectivity index (χ0n) is 9.14. The molecule has 0 amide bonds. The van der Waals surface area contributed by atoms with Crippen molar-refractivity contribution in [2.75, 3.05) is 7.11 Å². The molecule has 1 aromatic rings. The van der Waals surface area contributed by atoms with Crippen LogP contribution in [0.3, 0.4) is 0 Å². The number of hydrogen-bond acceptors (Lipinski definition) is 3. The Morgan fingerprint density at radius 1 is 1.50 bits per heavy atom. The van der Waals surface area contributed by atoms with Crippen LogP contribution in [0.2, 0.25) is 0 Å². The van der Waals surface area contributed by atoms with Gasteiger partial charge in [0.15, 0.2) is 0 Å². The minimum absolute atomic E-state index is 0.0549. The summed E-state index contributed by atoms with van der Waals surface area (Å²) in [6.45, 7) is 0. The third-order valence-electron chi connectivity index (χ3n) is 2.18. The fourth-order valence-corrected chi connectivity index (χ4v) is 1.95. The summed E-state index contributed by atoms with van der Waals surface area (Å²) in [6, 6.07) is 3.57. The van der Waals surface area contributed by atoms with Crippen LogP contribution in [0.1, 0.15) is 16.7 Å². The molecule has 0 bridgehead atoms. The molecule has 0 spiro atoms. The highest BCUT2D eigenvalue weighted by Gasteiger charge is 2.35. The lowest BCUT2D eigenvalue weighted by Crippen LogP contribution is -2.14. The Hall–Kier alpha value is -1.55. The summed E-state index contributed by atoms with van der Waals surface area (Å²) >= 11 is 2.93. The molecular formula is C11H7BrF3NO2. The molecule has 0 saturated carbocycles. The van der Waals surface area contributed by atoms with Crippen molar-refractivity contribution in [2.45, 2.75) is 12.6 Å². The van der Waals surface area contributed by atoms with Crippen LogP contribution in [0.5, 0.6) is 0 Å². The van der Waals surface area contributed by atoms with Crippen molar-refractivity contribution in [3.05, 3.63) is 33.3 Å². The number of carbonyl (C=O) groups excluding carboxylic acids is 1. The van der Waals surface area contributed by atoms with Crippen molar-refractivity contribution in [3.63, 3.8) is 0 Å². The van der Waals surface area contributed by atoms with Crippen LogP contribution in [-0.2, 0) is 22.1 Å². The molecule has 0 atom stereocenters. The summed E-state index contributed by atoms with van der Waals surface area (Å²) in [7, 11) is 1.09. The second-order valence-electron chi connectivity index (χ2n) is 3.35. The van der Waals surface area contributed by atoms with Gasteiger partial charge in [0.1, 0.15) is 0 Å². The van der Waals surface area contributed by atoms with E-state index in [1.54, 1.807) is 6.07 Å². The number of methoxy groups -OCH3 is 1. The second-order valence-corrected chi connectivity index (χ2v) is 4.20. The zero-order valence-corrected chi connectivity index (χ0v) is 10.7. The first-order valence-corrected chi connectivity index (χ1v) is 5.45. The summed E-state index contributed by atoms with van der Waals surface area (Å²) in [5.74, 6) is -0.786. The van der Waals surface area contributed by atoms with Gasteiger partial charge in [-0.2, -0.15) is 18.4 Å². The van der Waals surface area contributed by atoms with Gasteiger partial charge >= 0.3 is 12.1 Å². The highest BCUT2D eigenvalue weighted by atomic mass is 79.9. The SMILES string of the molecule is COC(=O)Cc1c(Br)cc(C#N)cc1C(F)(F)F. The number of esters is 1. The third kappa shape index (κ3) is 3.23. The summed E-state index contributed by atoms with van der Waals surface area (Å²) < 4.78 is 42.8. The van der Waals surface area contributed by atoms with Gasteiger partial charge in [-0.15, -0.1) is 0 Å². The van der Waals surface area contributed by atoms with E-state index >= 15 is 0 Å². The summed E-state index contributed by atoms with van der Waals surface area (Å²) in [6.07, 6.45) is -5.16. The number of halogens is 4. The number of carbonyl (C=O) groups is 1. The molecule has 7 heteroatoms. The van der Waals surface area contributed by atoms with E-state index in [-0.39, 0.29) is 15.6 Å². The van der Waals surface area contributed by atoms with E-state index in [2.05, 4.69) is 20.7 Å². The topological polar surface area (TPSA) is 50.1 Å². The Morgan fingerprint density at radius 2 is 2.11 bits per heavy atom. The van der Waals surface area contributed by atoms with Crippen molar-refractivity contribution in [1.82, 2.24) is 0 Å². The van der Waals surface area contributed by atoms with Gasteiger partial charge in [0, 0.05) is 4.47 Å². The maximum absolute atomic E-state index is 12.8. The molecule has 1 rings (SSSR count). The van der Waals surface area contributed by atoms with Gasteiger partial charge in [0.25, 0.3) is 0 Å². The number of hydrogen-bond donors (Lipinski definition) is 0. The monoisotopic (exact) mass is 321 g/mol. The number of benzene rings is 1. The zero-order chi connectivity index (χ0) is 13.9. The molecule has 0 aliphatic rings. The molecular weight excluding hydrogens is 315 g/mol. The minimum Gasteiger partial charge on any atom is -0.469 e. The van der Waals surface area contributed by atoms with E-state index in [1.807, 2.05) is 0 Å². The Kier molecular flexibility index (Phi) is 4.35. The van der Waals surface area contributed by atoms with Crippen molar-refractivity contribution in [3.8, 4) is 6.07 Å². The van der Waals surface area contributed by atoms with Crippen LogP contribution in [0.25, 0.3) is 0 Å². The third-order valence-corrected chi connectivity index (χ3v) is 2.89. The van der Waals surface area contributed by atoms with E-state index in [9.17, 15) is 18.0 Å². The molecule has 1 aromatic carbocycles. The van der Waals surface area contributed by atoms with Crippen LogP contribution in [0.15, 0.2) is 16.6 Å². The molecule has 96 valence electrons. The van der Waals surface area contributed by atoms with Gasteiger partial charge < -0.3 is 4.74 Å². The van der Waals surface area contributed by atoms with Crippen LogP contribution in [-0.4, -0.2) is 13.1 Å². The highest BCUT2D eigenvalue weighted by Crippen LogP contribution is 2.36. The highest BCUT2D eigenvalue weighted by molar-refractivity contribution is 9.10. The number of rotatable bonds is 2. The first-order chi connectivity index (χ1) is 8.29. The van der Waals surface area contributed by atoms with Crippen molar-refractivity contribution >= 4 is 21.9 Å². The molecule has 18 heavy (non-hydrogen) atoms. The summed E-state index contributed by atoms with van der Waals surface area (Å²) in [4.78, 5) is 11.1. The maximum atomic E-state index is 12.8. The predicted molar refractivity (Wildman–Crippen MR) is 59.6 cm³/mol. The van der Waals surface area contributed by atoms with E-state index in [4.69, 9.17) is 5.26 Å². The molecule has 0 aromatic heterocycles. The standard InChI is InChI=1S/C11H7BrF3NO2/c1-18-10(17)4-7-8(11(13,14)15)2-6(5-16)3-9(7)12/h2-3H,4H2,1H3. The van der Waals surface area contributed by atoms with Gasteiger partial charge in [0.05, 0.1) is 30.7 Å². The largest absolute Gasteiger partial charge is 0.469 e. The average molecular weight is 322 g/mol. The van der Waals surface area contributed by atoms with Gasteiger partial charge in [-0.3, -0.25) is 4.79 Å². The Morgan fingerprint density at radius 3 is 2.56 bits per heavy atom. The molecule has 0 fully saturated rings. The molecule has 0 saturated heterocycles. The van der Waals surface area contributed by atoms with E-state index in [0.717, 1.165) is 7.11 Å². The number of nitrogens with zero attached hydrogens (tertiary/aromatic N) is 1. The second kappa shape index (κ2) is 5.40. The van der Waals surface area contributed by atoms with Crippen LogP contribution in [0.4, 0.5) is 13.2 Å². The predicted octanol–water partition coefficient (Wildman–Crippen LogP) is 3.06. The molecule has 0 aliphatic heterocycles. The van der Waals surface area contributed by atoms with Gasteiger partial charge in [-0.1, -0.05) is 15.9 Å². The van der Waals surface area contributed by atoms with Crippen molar-refractivity contribution in [2.24, 2.45) is 0 Å². The molecule has 3 nitrogen and oxygen atoms in total. The molecule has 0 radical (unpaired) electrons. The number of ether oxygens (including phenoxy) is 1. The van der Waals surface area contributed by atoms with Crippen LogP contribution >= 0.6 is 15.9 Å². The first-order valence-electron chi connectivity index (χ1n) is 4.66. The van der Waals surface area contributed by atoms with Gasteiger partial charge in [-0.05, 0) is 17.7 Å². The Bertz CT molecular complexity index is 520. The fourth-order valence-electron chi connectivity index (χ4n) is 1.35. The lowest BCUT2D eigenvalue weighted by atomic mass is 10.0. The minimum atomic E-state index is -4.64. The molecule has 0 unspecified atom stereocenters. The summed E-state index contributed by atoms with van der Waals surface area (Å²) in [5, 5.41) is 8.64. The van der Waals surface area contributed by atoms with Gasteiger partial charge in [-0.25, -0.2) is 0 Å². The fraction of sp³-hybridized carbons (Fsp3) is 0.273. The number of alkyl halides is 3.